The smallest absolute Gasteiger partial charge is 0.341 e. The first-order valence-corrected chi connectivity index (χ1v) is 10.9. The summed E-state index contributed by atoms with van der Waals surface area (Å²) in [4.78, 5) is 0. The molecular formula is C18H30O3Si. The maximum atomic E-state index is 9.42. The van der Waals surface area contributed by atoms with Gasteiger partial charge in [0.1, 0.15) is 5.75 Å². The van der Waals surface area contributed by atoms with Crippen molar-refractivity contribution in [2.45, 2.75) is 64.0 Å². The van der Waals surface area contributed by atoms with Gasteiger partial charge in [-0.2, -0.15) is 0 Å². The molecule has 0 atom stereocenters. The molecule has 124 valence electrons. The van der Waals surface area contributed by atoms with Crippen LogP contribution in [0.15, 0.2) is 24.3 Å². The Morgan fingerprint density at radius 1 is 1.00 bits per heavy atom. The Morgan fingerprint density at radius 3 is 2.14 bits per heavy atom. The summed E-state index contributed by atoms with van der Waals surface area (Å²) in [5.41, 5.74) is 1.89. The molecule has 22 heavy (non-hydrogen) atoms. The predicted molar refractivity (Wildman–Crippen MR) is 92.5 cm³/mol. The molecule has 1 aromatic carbocycles. The second-order valence-electron chi connectivity index (χ2n) is 6.18. The first-order chi connectivity index (χ1) is 10.7. The van der Waals surface area contributed by atoms with Gasteiger partial charge in [-0.05, 0) is 56.9 Å². The van der Waals surface area contributed by atoms with Gasteiger partial charge in [-0.3, -0.25) is 0 Å². The Kier molecular flexibility index (Phi) is 6.93. The van der Waals surface area contributed by atoms with Crippen LogP contribution >= 0.6 is 0 Å². The van der Waals surface area contributed by atoms with Crippen molar-refractivity contribution >= 4 is 8.56 Å². The van der Waals surface area contributed by atoms with Gasteiger partial charge < -0.3 is 14.0 Å². The Labute approximate surface area is 135 Å². The molecule has 0 spiro atoms. The molecule has 1 saturated carbocycles. The van der Waals surface area contributed by atoms with Gasteiger partial charge >= 0.3 is 8.56 Å². The zero-order valence-electron chi connectivity index (χ0n) is 14.0. The SMILES string of the molecule is CCO[Si](CCc1ccc(O)cc1)(OCC)C1CCCCC1. The van der Waals surface area contributed by atoms with Gasteiger partial charge in [0, 0.05) is 18.8 Å². The number of benzene rings is 1. The lowest BCUT2D eigenvalue weighted by atomic mass is 10.0. The van der Waals surface area contributed by atoms with E-state index in [1.54, 1.807) is 12.1 Å². The van der Waals surface area contributed by atoms with E-state index in [0.717, 1.165) is 25.7 Å². The average molecular weight is 323 g/mol. The lowest BCUT2D eigenvalue weighted by molar-refractivity contribution is 0.164. The molecule has 0 aliphatic heterocycles. The normalized spacial score (nSPS) is 16.8. The van der Waals surface area contributed by atoms with E-state index in [1.807, 2.05) is 12.1 Å². The van der Waals surface area contributed by atoms with Gasteiger partial charge in [0.25, 0.3) is 0 Å². The lowest BCUT2D eigenvalue weighted by Gasteiger charge is -2.39. The summed E-state index contributed by atoms with van der Waals surface area (Å²) in [5, 5.41) is 9.42. The first kappa shape index (κ1) is 17.5. The highest BCUT2D eigenvalue weighted by atomic mass is 28.4. The lowest BCUT2D eigenvalue weighted by Crippen LogP contribution is -2.48. The minimum absolute atomic E-state index is 0.328. The van der Waals surface area contributed by atoms with Crippen molar-refractivity contribution in [3.8, 4) is 5.75 Å². The van der Waals surface area contributed by atoms with Crippen LogP contribution in [0.3, 0.4) is 0 Å². The summed E-state index contributed by atoms with van der Waals surface area (Å²) in [6, 6.07) is 8.56. The number of phenolic OH excluding ortho intramolecular Hbond substituents is 1. The van der Waals surface area contributed by atoms with Crippen LogP contribution in [0.1, 0.15) is 51.5 Å². The monoisotopic (exact) mass is 322 g/mol. The zero-order chi connectivity index (χ0) is 15.8. The van der Waals surface area contributed by atoms with E-state index in [-0.39, 0.29) is 0 Å². The van der Waals surface area contributed by atoms with Crippen LogP contribution in [0.25, 0.3) is 0 Å². The fourth-order valence-electron chi connectivity index (χ4n) is 3.64. The number of phenols is 1. The molecule has 0 bridgehead atoms. The van der Waals surface area contributed by atoms with Gasteiger partial charge in [-0.1, -0.05) is 31.4 Å². The van der Waals surface area contributed by atoms with Crippen LogP contribution in [-0.4, -0.2) is 26.9 Å². The number of hydrogen-bond acceptors (Lipinski definition) is 3. The molecule has 0 heterocycles. The largest absolute Gasteiger partial charge is 0.508 e. The Morgan fingerprint density at radius 2 is 1.59 bits per heavy atom. The predicted octanol–water partition coefficient (Wildman–Crippen LogP) is 4.78. The maximum absolute atomic E-state index is 9.42. The van der Waals surface area contributed by atoms with Crippen molar-refractivity contribution < 1.29 is 14.0 Å². The molecular weight excluding hydrogens is 292 g/mol. The highest BCUT2D eigenvalue weighted by molar-refractivity contribution is 6.69. The van der Waals surface area contributed by atoms with Crippen molar-refractivity contribution in [2.24, 2.45) is 0 Å². The highest BCUT2D eigenvalue weighted by Gasteiger charge is 2.45. The average Bonchev–Trinajstić information content (AvgIpc) is 2.55. The summed E-state index contributed by atoms with van der Waals surface area (Å²) < 4.78 is 12.6. The molecule has 2 rings (SSSR count). The number of aromatic hydroxyl groups is 1. The molecule has 1 aliphatic rings. The topological polar surface area (TPSA) is 38.7 Å². The first-order valence-electron chi connectivity index (χ1n) is 8.76. The Hall–Kier alpha value is -0.843. The number of rotatable bonds is 8. The van der Waals surface area contributed by atoms with Gasteiger partial charge in [0.15, 0.2) is 0 Å². The van der Waals surface area contributed by atoms with Crippen LogP contribution in [0, 0.1) is 0 Å². The fourth-order valence-corrected chi connectivity index (χ4v) is 7.79. The van der Waals surface area contributed by atoms with E-state index in [9.17, 15) is 5.11 Å². The van der Waals surface area contributed by atoms with Crippen LogP contribution in [0.4, 0.5) is 0 Å². The van der Waals surface area contributed by atoms with E-state index < -0.39 is 8.56 Å². The van der Waals surface area contributed by atoms with Crippen molar-refractivity contribution in [1.82, 2.24) is 0 Å². The molecule has 0 amide bonds. The van der Waals surface area contributed by atoms with Gasteiger partial charge in [0.05, 0.1) is 0 Å². The molecule has 0 radical (unpaired) electrons. The quantitative estimate of drug-likeness (QED) is 0.700. The van der Waals surface area contributed by atoms with E-state index in [1.165, 1.54) is 37.7 Å². The minimum Gasteiger partial charge on any atom is -0.508 e. The van der Waals surface area contributed by atoms with Crippen LogP contribution < -0.4 is 0 Å². The molecule has 1 fully saturated rings. The summed E-state index contributed by atoms with van der Waals surface area (Å²) in [6.45, 7) is 5.67. The third-order valence-electron chi connectivity index (χ3n) is 4.70. The number of aryl methyl sites for hydroxylation is 1. The van der Waals surface area contributed by atoms with Crippen molar-refractivity contribution in [2.75, 3.05) is 13.2 Å². The van der Waals surface area contributed by atoms with Gasteiger partial charge in [-0.15, -0.1) is 0 Å². The number of hydrogen-bond donors (Lipinski definition) is 1. The third kappa shape index (κ3) is 4.57. The second kappa shape index (κ2) is 8.70. The molecule has 1 aliphatic carbocycles. The van der Waals surface area contributed by atoms with E-state index in [2.05, 4.69) is 13.8 Å². The second-order valence-corrected chi connectivity index (χ2v) is 9.70. The van der Waals surface area contributed by atoms with E-state index in [0.29, 0.717) is 11.3 Å². The van der Waals surface area contributed by atoms with Gasteiger partial charge in [0.2, 0.25) is 0 Å². The maximum Gasteiger partial charge on any atom is 0.341 e. The Bertz CT molecular complexity index is 420. The highest BCUT2D eigenvalue weighted by Crippen LogP contribution is 2.41. The van der Waals surface area contributed by atoms with Gasteiger partial charge in [-0.25, -0.2) is 0 Å². The molecule has 0 unspecified atom stereocenters. The molecule has 0 aromatic heterocycles. The summed E-state index contributed by atoms with van der Waals surface area (Å²) in [7, 11) is -2.15. The third-order valence-corrected chi connectivity index (χ3v) is 9.03. The van der Waals surface area contributed by atoms with Crippen LogP contribution in [0.2, 0.25) is 11.6 Å². The van der Waals surface area contributed by atoms with Crippen molar-refractivity contribution in [1.29, 1.82) is 0 Å². The molecule has 1 N–H and O–H groups in total. The summed E-state index contributed by atoms with van der Waals surface area (Å²) >= 11 is 0. The Balaban J connectivity index is 2.09. The molecule has 3 nitrogen and oxygen atoms in total. The van der Waals surface area contributed by atoms with E-state index >= 15 is 0 Å². The fraction of sp³-hybridized carbons (Fsp3) is 0.667. The summed E-state index contributed by atoms with van der Waals surface area (Å²) in [5.74, 6) is 0.328. The zero-order valence-corrected chi connectivity index (χ0v) is 15.0. The standard InChI is InChI=1S/C18H30O3Si/c1-3-20-22(21-4-2,18-8-6-5-7-9-18)15-14-16-10-12-17(19)13-11-16/h10-13,18-19H,3-9,14-15H2,1-2H3. The summed E-state index contributed by atoms with van der Waals surface area (Å²) in [6.07, 6.45) is 7.50. The van der Waals surface area contributed by atoms with Crippen LogP contribution in [-0.2, 0) is 15.3 Å². The minimum atomic E-state index is -2.15. The van der Waals surface area contributed by atoms with Crippen LogP contribution in [0.5, 0.6) is 5.75 Å². The van der Waals surface area contributed by atoms with Crippen molar-refractivity contribution in [3.63, 3.8) is 0 Å². The molecule has 4 heteroatoms. The van der Waals surface area contributed by atoms with Crippen molar-refractivity contribution in [3.05, 3.63) is 29.8 Å². The molecule has 1 aromatic rings. The van der Waals surface area contributed by atoms with E-state index in [4.69, 9.17) is 8.85 Å². The molecule has 0 saturated heterocycles.